The number of benzene rings is 2. The van der Waals surface area contributed by atoms with E-state index in [1.165, 1.54) is 0 Å². The maximum absolute atomic E-state index is 12.2. The molecule has 2 N–H and O–H groups in total. The van der Waals surface area contributed by atoms with Crippen molar-refractivity contribution < 1.29 is 23.7 Å². The highest BCUT2D eigenvalue weighted by atomic mass is 16.5. The third kappa shape index (κ3) is 7.57. The summed E-state index contributed by atoms with van der Waals surface area (Å²) in [4.78, 5) is 12.2. The zero-order chi connectivity index (χ0) is 21.0. The Morgan fingerprint density at radius 3 is 2.70 bits per heavy atom. The molecule has 1 unspecified atom stereocenters. The number of nitrogens with one attached hydrogen (secondary N) is 2. The van der Waals surface area contributed by atoms with E-state index in [9.17, 15) is 4.79 Å². The molecule has 3 rings (SSSR count). The van der Waals surface area contributed by atoms with Crippen LogP contribution in [-0.2, 0) is 14.3 Å². The number of amides is 1. The molecule has 0 radical (unpaired) electrons. The second kappa shape index (κ2) is 12.0. The maximum atomic E-state index is 12.2. The van der Waals surface area contributed by atoms with Crippen molar-refractivity contribution in [1.29, 1.82) is 0 Å². The van der Waals surface area contributed by atoms with Crippen molar-refractivity contribution in [2.24, 2.45) is 0 Å². The average molecular weight is 415 g/mol. The van der Waals surface area contributed by atoms with Gasteiger partial charge in [-0.05, 0) is 56.2 Å². The molecule has 0 spiro atoms. The van der Waals surface area contributed by atoms with Crippen molar-refractivity contribution >= 4 is 17.3 Å². The fourth-order valence-corrected chi connectivity index (χ4v) is 3.05. The minimum atomic E-state index is -0.134. The number of anilines is 2. The molecule has 1 aliphatic rings. The Balaban J connectivity index is 1.38. The highest BCUT2D eigenvalue weighted by Gasteiger charge is 2.15. The standard InChI is InChI=1S/C23H30N2O5/c1-2-27-13-14-29-21-6-3-5-19(15-21)24-16-23(26)25-18-8-10-20(11-9-18)30-17-22-7-4-12-28-22/h3,5-6,8-11,15,22,24H,2,4,7,12-14,16-17H2,1H3,(H,25,26). The summed E-state index contributed by atoms with van der Waals surface area (Å²) in [6.45, 7) is 5.19. The van der Waals surface area contributed by atoms with Gasteiger partial charge in [-0.3, -0.25) is 4.79 Å². The molecule has 0 saturated carbocycles. The first-order valence-corrected chi connectivity index (χ1v) is 10.4. The molecule has 2 aromatic carbocycles. The quantitative estimate of drug-likeness (QED) is 0.516. The SMILES string of the molecule is CCOCCOc1cccc(NCC(=O)Nc2ccc(OCC3CCCO3)cc2)c1. The van der Waals surface area contributed by atoms with Crippen LogP contribution in [0.4, 0.5) is 11.4 Å². The van der Waals surface area contributed by atoms with Crippen LogP contribution in [0.3, 0.4) is 0 Å². The summed E-state index contributed by atoms with van der Waals surface area (Å²) >= 11 is 0. The van der Waals surface area contributed by atoms with Crippen LogP contribution in [0.15, 0.2) is 48.5 Å². The number of carbonyl (C=O) groups is 1. The molecule has 7 heteroatoms. The van der Waals surface area contributed by atoms with Gasteiger partial charge in [0.15, 0.2) is 0 Å². The fraction of sp³-hybridized carbons (Fsp3) is 0.435. The van der Waals surface area contributed by atoms with Gasteiger partial charge >= 0.3 is 0 Å². The Labute approximate surface area is 177 Å². The minimum absolute atomic E-state index is 0.134. The molecular weight excluding hydrogens is 384 g/mol. The fourth-order valence-electron chi connectivity index (χ4n) is 3.05. The van der Waals surface area contributed by atoms with Crippen LogP contribution in [0, 0.1) is 0 Å². The van der Waals surface area contributed by atoms with E-state index in [1.807, 2.05) is 55.5 Å². The van der Waals surface area contributed by atoms with E-state index in [0.717, 1.165) is 42.3 Å². The zero-order valence-electron chi connectivity index (χ0n) is 17.4. The van der Waals surface area contributed by atoms with Crippen LogP contribution in [0.5, 0.6) is 11.5 Å². The van der Waals surface area contributed by atoms with Crippen molar-refractivity contribution in [2.45, 2.75) is 25.9 Å². The highest BCUT2D eigenvalue weighted by molar-refractivity contribution is 5.93. The third-order valence-corrected chi connectivity index (χ3v) is 4.59. The van der Waals surface area contributed by atoms with Crippen molar-refractivity contribution in [1.82, 2.24) is 0 Å². The molecule has 1 aliphatic heterocycles. The van der Waals surface area contributed by atoms with Gasteiger partial charge in [-0.1, -0.05) is 6.07 Å². The van der Waals surface area contributed by atoms with Crippen LogP contribution >= 0.6 is 0 Å². The first kappa shape index (κ1) is 21.9. The number of carbonyl (C=O) groups excluding carboxylic acids is 1. The second-order valence-electron chi connectivity index (χ2n) is 6.95. The van der Waals surface area contributed by atoms with Crippen LogP contribution in [0.1, 0.15) is 19.8 Å². The largest absolute Gasteiger partial charge is 0.491 e. The molecule has 1 amide bonds. The monoisotopic (exact) mass is 414 g/mol. The van der Waals surface area contributed by atoms with Crippen LogP contribution in [0.25, 0.3) is 0 Å². The Kier molecular flexibility index (Phi) is 8.80. The smallest absolute Gasteiger partial charge is 0.243 e. The molecule has 1 fully saturated rings. The van der Waals surface area contributed by atoms with E-state index >= 15 is 0 Å². The van der Waals surface area contributed by atoms with Gasteiger partial charge in [0.25, 0.3) is 0 Å². The second-order valence-corrected chi connectivity index (χ2v) is 6.95. The Morgan fingerprint density at radius 2 is 1.93 bits per heavy atom. The van der Waals surface area contributed by atoms with Crippen molar-refractivity contribution in [3.05, 3.63) is 48.5 Å². The maximum Gasteiger partial charge on any atom is 0.243 e. The van der Waals surface area contributed by atoms with Gasteiger partial charge in [0.1, 0.15) is 24.7 Å². The summed E-state index contributed by atoms with van der Waals surface area (Å²) in [6, 6.07) is 14.9. The number of rotatable bonds is 12. The van der Waals surface area contributed by atoms with Crippen LogP contribution in [0.2, 0.25) is 0 Å². The lowest BCUT2D eigenvalue weighted by Gasteiger charge is -2.12. The predicted octanol–water partition coefficient (Wildman–Crippen LogP) is 3.71. The summed E-state index contributed by atoms with van der Waals surface area (Å²) in [5.41, 5.74) is 1.54. The van der Waals surface area contributed by atoms with Crippen LogP contribution in [-0.4, -0.2) is 51.6 Å². The van der Waals surface area contributed by atoms with E-state index in [1.54, 1.807) is 0 Å². The number of hydrogen-bond donors (Lipinski definition) is 2. The van der Waals surface area contributed by atoms with Gasteiger partial charge in [0, 0.05) is 30.7 Å². The van der Waals surface area contributed by atoms with E-state index in [-0.39, 0.29) is 18.6 Å². The molecule has 0 bridgehead atoms. The first-order valence-electron chi connectivity index (χ1n) is 10.4. The van der Waals surface area contributed by atoms with E-state index in [4.69, 9.17) is 18.9 Å². The molecule has 0 aliphatic carbocycles. The topological polar surface area (TPSA) is 78.1 Å². The lowest BCUT2D eigenvalue weighted by molar-refractivity contribution is -0.114. The van der Waals surface area contributed by atoms with Gasteiger partial charge in [-0.15, -0.1) is 0 Å². The molecule has 0 aromatic heterocycles. The zero-order valence-corrected chi connectivity index (χ0v) is 17.4. The minimum Gasteiger partial charge on any atom is -0.491 e. The molecule has 7 nitrogen and oxygen atoms in total. The molecule has 30 heavy (non-hydrogen) atoms. The van der Waals surface area contributed by atoms with E-state index in [0.29, 0.717) is 26.4 Å². The van der Waals surface area contributed by atoms with Gasteiger partial charge < -0.3 is 29.6 Å². The molecular formula is C23H30N2O5. The Hall–Kier alpha value is -2.77. The summed E-state index contributed by atoms with van der Waals surface area (Å²) < 4.78 is 22.2. The van der Waals surface area contributed by atoms with E-state index in [2.05, 4.69) is 10.6 Å². The Bertz CT molecular complexity index is 775. The van der Waals surface area contributed by atoms with Crippen molar-refractivity contribution in [2.75, 3.05) is 50.2 Å². The molecule has 1 saturated heterocycles. The van der Waals surface area contributed by atoms with Gasteiger partial charge in [-0.25, -0.2) is 0 Å². The average Bonchev–Trinajstić information content (AvgIpc) is 3.29. The number of ether oxygens (including phenoxy) is 4. The molecule has 162 valence electrons. The summed E-state index contributed by atoms with van der Waals surface area (Å²) in [7, 11) is 0. The van der Waals surface area contributed by atoms with Gasteiger partial charge in [-0.2, -0.15) is 0 Å². The lowest BCUT2D eigenvalue weighted by atomic mass is 10.2. The van der Waals surface area contributed by atoms with Crippen molar-refractivity contribution in [3.8, 4) is 11.5 Å². The highest BCUT2D eigenvalue weighted by Crippen LogP contribution is 2.19. The van der Waals surface area contributed by atoms with Gasteiger partial charge in [0.2, 0.25) is 5.91 Å². The normalized spacial score (nSPS) is 15.6. The predicted molar refractivity (Wildman–Crippen MR) is 116 cm³/mol. The van der Waals surface area contributed by atoms with Crippen LogP contribution < -0.4 is 20.1 Å². The Morgan fingerprint density at radius 1 is 1.07 bits per heavy atom. The lowest BCUT2D eigenvalue weighted by Crippen LogP contribution is -2.21. The molecule has 1 heterocycles. The summed E-state index contributed by atoms with van der Waals surface area (Å²) in [6.07, 6.45) is 2.32. The number of hydrogen-bond acceptors (Lipinski definition) is 6. The van der Waals surface area contributed by atoms with E-state index < -0.39 is 0 Å². The summed E-state index contributed by atoms with van der Waals surface area (Å²) in [5, 5.41) is 5.98. The van der Waals surface area contributed by atoms with Gasteiger partial charge in [0.05, 0.1) is 19.3 Å². The first-order chi connectivity index (χ1) is 14.7. The van der Waals surface area contributed by atoms with Crippen molar-refractivity contribution in [3.63, 3.8) is 0 Å². The molecule has 2 aromatic rings. The molecule has 1 atom stereocenters. The third-order valence-electron chi connectivity index (χ3n) is 4.59. The summed E-state index contributed by atoms with van der Waals surface area (Å²) in [5.74, 6) is 1.37.